The molecule has 0 spiro atoms. The average molecular weight is 458 g/mol. The molecule has 0 aliphatic rings. The van der Waals surface area contributed by atoms with E-state index in [1.165, 1.54) is 24.3 Å². The molecule has 0 aliphatic carbocycles. The van der Waals surface area contributed by atoms with Gasteiger partial charge >= 0.3 is 16.3 Å². The van der Waals surface area contributed by atoms with Crippen molar-refractivity contribution in [2.75, 3.05) is 19.5 Å². The van der Waals surface area contributed by atoms with Gasteiger partial charge in [0.15, 0.2) is 0 Å². The monoisotopic (exact) mass is 458 g/mol. The zero-order chi connectivity index (χ0) is 23.1. The fourth-order valence-electron chi connectivity index (χ4n) is 2.29. The van der Waals surface area contributed by atoms with Crippen LogP contribution in [0.2, 0.25) is 0 Å². The summed E-state index contributed by atoms with van der Waals surface area (Å²) in [5, 5.41) is 10.6. The van der Waals surface area contributed by atoms with Gasteiger partial charge in [-0.05, 0) is 61.0 Å². The Hall–Kier alpha value is -3.08. The number of nitrogens with zero attached hydrogens (tertiary/aromatic N) is 1. The molecule has 168 valence electrons. The Bertz CT molecular complexity index is 1020. The lowest BCUT2D eigenvalue weighted by Gasteiger charge is -2.10. The largest absolute Gasteiger partial charge is 0.493 e. The first-order valence-electron chi connectivity index (χ1n) is 9.01. The van der Waals surface area contributed by atoms with E-state index in [4.69, 9.17) is 14.9 Å². The molecule has 2 rings (SSSR count). The highest BCUT2D eigenvalue weighted by Gasteiger charge is 2.35. The maximum absolute atomic E-state index is 12.5. The highest BCUT2D eigenvalue weighted by molar-refractivity contribution is 7.85. The molecule has 0 heterocycles. The molecule has 11 heteroatoms. The second-order valence-electron chi connectivity index (χ2n) is 6.43. The van der Waals surface area contributed by atoms with Crippen LogP contribution in [0.5, 0.6) is 11.5 Å². The Balaban J connectivity index is 1.75. The topological polar surface area (TPSA) is 98.0 Å². The van der Waals surface area contributed by atoms with E-state index in [1.54, 1.807) is 31.2 Å². The number of hydrogen-bond donors (Lipinski definition) is 1. The van der Waals surface area contributed by atoms with Crippen LogP contribution in [-0.4, -0.2) is 45.5 Å². The molecule has 0 amide bonds. The van der Waals surface area contributed by atoms with Gasteiger partial charge in [-0.2, -0.15) is 21.6 Å². The summed E-state index contributed by atoms with van der Waals surface area (Å²) in [5.41, 5.74) is -0.569. The van der Waals surface area contributed by atoms with Crippen LogP contribution in [0, 0.1) is 5.41 Å². The summed E-state index contributed by atoms with van der Waals surface area (Å²) in [4.78, 5) is 0. The van der Waals surface area contributed by atoms with Crippen LogP contribution in [-0.2, 0) is 14.4 Å². The van der Waals surface area contributed by atoms with Crippen molar-refractivity contribution in [2.45, 2.75) is 19.5 Å². The van der Waals surface area contributed by atoms with Gasteiger partial charge < -0.3 is 9.47 Å². The number of rotatable bonds is 10. The van der Waals surface area contributed by atoms with Gasteiger partial charge in [-0.15, -0.1) is 0 Å². The maximum atomic E-state index is 12.5. The van der Waals surface area contributed by atoms with Crippen molar-refractivity contribution in [1.82, 2.24) is 0 Å². The molecule has 0 aromatic heterocycles. The molecule has 31 heavy (non-hydrogen) atoms. The molecular formula is C20H21F3N2O5S. The van der Waals surface area contributed by atoms with Crippen molar-refractivity contribution in [1.29, 1.82) is 5.41 Å². The van der Waals surface area contributed by atoms with E-state index >= 15 is 0 Å². The number of ether oxygens (including phenoxy) is 2. The van der Waals surface area contributed by atoms with E-state index in [9.17, 15) is 21.6 Å². The van der Waals surface area contributed by atoms with Gasteiger partial charge in [0.1, 0.15) is 17.2 Å². The van der Waals surface area contributed by atoms with Gasteiger partial charge in [-0.1, -0.05) is 5.16 Å². The zero-order valence-electron chi connectivity index (χ0n) is 16.8. The number of oxime groups is 1. The molecule has 0 unspecified atom stereocenters. The first-order chi connectivity index (χ1) is 14.5. The van der Waals surface area contributed by atoms with E-state index in [2.05, 4.69) is 9.44 Å². The highest BCUT2D eigenvalue weighted by Crippen LogP contribution is 2.23. The van der Waals surface area contributed by atoms with Crippen LogP contribution >= 0.6 is 0 Å². The zero-order valence-corrected chi connectivity index (χ0v) is 17.6. The third kappa shape index (κ3) is 8.28. The van der Waals surface area contributed by atoms with Gasteiger partial charge in [-0.3, -0.25) is 9.69 Å². The van der Waals surface area contributed by atoms with Gasteiger partial charge in [-0.25, -0.2) is 0 Å². The maximum Gasteiger partial charge on any atom is 0.433 e. The minimum Gasteiger partial charge on any atom is -0.493 e. The third-order valence-electron chi connectivity index (χ3n) is 3.83. The Morgan fingerprint density at radius 2 is 1.39 bits per heavy atom. The normalized spacial score (nSPS) is 12.4. The molecule has 0 fully saturated rings. The molecule has 7 nitrogen and oxygen atoms in total. The van der Waals surface area contributed by atoms with Crippen LogP contribution < -0.4 is 9.47 Å². The van der Waals surface area contributed by atoms with Gasteiger partial charge in [0, 0.05) is 12.0 Å². The molecular weight excluding hydrogens is 437 g/mol. The molecule has 0 atom stereocenters. The minimum absolute atomic E-state index is 0.227. The van der Waals surface area contributed by atoms with E-state index in [0.29, 0.717) is 42.4 Å². The number of hydrogen-bond acceptors (Lipinski definition) is 7. The van der Waals surface area contributed by atoms with Crippen molar-refractivity contribution in [3.05, 3.63) is 59.7 Å². The Labute approximate surface area is 178 Å². The van der Waals surface area contributed by atoms with Crippen molar-refractivity contribution < 1.29 is 35.3 Å². The lowest BCUT2D eigenvalue weighted by molar-refractivity contribution is -0.0587. The first kappa shape index (κ1) is 24.2. The van der Waals surface area contributed by atoms with E-state index in [-0.39, 0.29) is 5.56 Å². The molecule has 0 radical (unpaired) electrons. The van der Waals surface area contributed by atoms with Crippen molar-refractivity contribution in [3.8, 4) is 11.5 Å². The van der Waals surface area contributed by atoms with Gasteiger partial charge in [0.05, 0.1) is 25.2 Å². The Morgan fingerprint density at radius 3 is 1.81 bits per heavy atom. The van der Waals surface area contributed by atoms with Crippen molar-refractivity contribution in [2.24, 2.45) is 5.16 Å². The molecule has 0 aliphatic heterocycles. The second-order valence-corrected chi connectivity index (χ2v) is 7.98. The molecule has 1 N–H and O–H groups in total. The predicted octanol–water partition coefficient (Wildman–Crippen LogP) is 4.16. The Kier molecular flexibility index (Phi) is 8.03. The van der Waals surface area contributed by atoms with Crippen LogP contribution in [0.25, 0.3) is 0 Å². The highest BCUT2D eigenvalue weighted by atomic mass is 32.2. The molecule has 2 aromatic rings. The summed E-state index contributed by atoms with van der Waals surface area (Å²) in [5.74, 6) is 0.991. The smallest absolute Gasteiger partial charge is 0.433 e. The molecule has 0 saturated carbocycles. The van der Waals surface area contributed by atoms with E-state index in [1.807, 2.05) is 0 Å². The molecule has 0 saturated heterocycles. The second kappa shape index (κ2) is 10.3. The van der Waals surface area contributed by atoms with Crippen LogP contribution in [0.3, 0.4) is 0 Å². The van der Waals surface area contributed by atoms with Crippen molar-refractivity contribution in [3.63, 3.8) is 0 Å². The summed E-state index contributed by atoms with van der Waals surface area (Å²) in [6.45, 7) is 2.25. The summed E-state index contributed by atoms with van der Waals surface area (Å²) in [6.07, 6.45) is -3.25. The number of benzene rings is 2. The SMILES string of the molecule is C/C(=N\OS(C)(=O)=O)c1ccc(OCCCOc2ccc(C(=N)C(F)(F)F)cc2)cc1. The summed E-state index contributed by atoms with van der Waals surface area (Å²) < 4.78 is 74.8. The van der Waals surface area contributed by atoms with Crippen LogP contribution in [0.15, 0.2) is 53.7 Å². The van der Waals surface area contributed by atoms with E-state index < -0.39 is 22.0 Å². The summed E-state index contributed by atoms with van der Waals surface area (Å²) >= 11 is 0. The first-order valence-corrected chi connectivity index (χ1v) is 10.8. The summed E-state index contributed by atoms with van der Waals surface area (Å²) in [6, 6.07) is 11.9. The standard InChI is InChI=1S/C20H21F3N2O5S/c1-14(25-30-31(2,26)27)15-4-8-17(9-5-15)28-12-3-13-29-18-10-6-16(7-11-18)19(24)20(21,22)23/h4-11,24H,3,12-13H2,1-2H3/b24-19?,25-14+. The predicted molar refractivity (Wildman–Crippen MR) is 110 cm³/mol. The van der Waals surface area contributed by atoms with Crippen LogP contribution in [0.4, 0.5) is 13.2 Å². The lowest BCUT2D eigenvalue weighted by Crippen LogP contribution is -2.22. The van der Waals surface area contributed by atoms with Crippen LogP contribution in [0.1, 0.15) is 24.5 Å². The summed E-state index contributed by atoms with van der Waals surface area (Å²) in [7, 11) is -3.66. The quantitative estimate of drug-likeness (QED) is 0.327. The van der Waals surface area contributed by atoms with Gasteiger partial charge in [0.2, 0.25) is 0 Å². The minimum atomic E-state index is -4.69. The lowest BCUT2D eigenvalue weighted by atomic mass is 10.1. The third-order valence-corrected chi connectivity index (χ3v) is 4.18. The average Bonchev–Trinajstić information content (AvgIpc) is 2.71. The fraction of sp³-hybridized carbons (Fsp3) is 0.300. The number of halogens is 3. The number of nitrogens with one attached hydrogen (secondary N) is 1. The van der Waals surface area contributed by atoms with Crippen molar-refractivity contribution >= 4 is 21.5 Å². The van der Waals surface area contributed by atoms with Gasteiger partial charge in [0.25, 0.3) is 0 Å². The van der Waals surface area contributed by atoms with E-state index in [0.717, 1.165) is 6.26 Å². The molecule has 2 aromatic carbocycles. The number of alkyl halides is 3. The fourth-order valence-corrected chi connectivity index (χ4v) is 2.54. The molecule has 0 bridgehead atoms. The Morgan fingerprint density at radius 1 is 0.935 bits per heavy atom.